The lowest BCUT2D eigenvalue weighted by atomic mass is 10.2. The number of hydrogen-bond donors (Lipinski definition) is 2. The van der Waals surface area contributed by atoms with Crippen LogP contribution in [0.1, 0.15) is 34.6 Å². The molecule has 0 unspecified atom stereocenters. The van der Waals surface area contributed by atoms with Gasteiger partial charge in [0.25, 0.3) is 5.91 Å². The lowest BCUT2D eigenvalue weighted by molar-refractivity contribution is -0.128. The number of carbonyl (C=O) groups excluding carboxylic acids is 3. The van der Waals surface area contributed by atoms with Gasteiger partial charge in [-0.3, -0.25) is 15.3 Å². The molecule has 103 valence electrons. The fraction of sp³-hybridized carbons (Fsp3) is 0.727. The Labute approximate surface area is 106 Å². The van der Waals surface area contributed by atoms with Gasteiger partial charge in [0.15, 0.2) is 0 Å². The Kier molecular flexibility index (Phi) is 5.61. The van der Waals surface area contributed by atoms with Crippen molar-refractivity contribution in [2.45, 2.75) is 52.3 Å². The van der Waals surface area contributed by atoms with Gasteiger partial charge in [-0.1, -0.05) is 0 Å². The van der Waals surface area contributed by atoms with E-state index < -0.39 is 35.6 Å². The van der Waals surface area contributed by atoms with E-state index in [2.05, 4.69) is 10.6 Å². The lowest BCUT2D eigenvalue weighted by Crippen LogP contribution is -2.50. The molecule has 3 N–H and O–H groups in total. The van der Waals surface area contributed by atoms with Gasteiger partial charge in [-0.25, -0.2) is 4.79 Å². The Morgan fingerprint density at radius 2 is 1.56 bits per heavy atom. The number of nitrogens with one attached hydrogen (secondary N) is 3. The molecular weight excluding hydrogens is 238 g/mol. The average molecular weight is 258 g/mol. The number of hydrogen-bond acceptors (Lipinski definition) is 4. The van der Waals surface area contributed by atoms with Crippen molar-refractivity contribution in [3.05, 3.63) is 0 Å². The number of ether oxygens (including phenoxy) is 1. The summed E-state index contributed by atoms with van der Waals surface area (Å²) in [5, 5.41) is 4.64. The first kappa shape index (κ1) is 16.2. The molecule has 0 fully saturated rings. The van der Waals surface area contributed by atoms with Crippen molar-refractivity contribution in [1.82, 2.24) is 16.4 Å². The predicted molar refractivity (Wildman–Crippen MR) is 64.5 cm³/mol. The lowest BCUT2D eigenvalue weighted by Gasteiger charge is -2.22. The molecule has 0 saturated carbocycles. The summed E-state index contributed by atoms with van der Waals surface area (Å²) in [4.78, 5) is 33.6. The topological polar surface area (TPSA) is 108 Å². The Bertz CT molecular complexity index is 336. The van der Waals surface area contributed by atoms with Crippen LogP contribution in [0.2, 0.25) is 0 Å². The molecule has 0 spiro atoms. The van der Waals surface area contributed by atoms with Gasteiger partial charge in [0.2, 0.25) is 5.91 Å². The number of alkyl carbamates (subject to hydrolysis) is 1. The Morgan fingerprint density at radius 1 is 1.06 bits per heavy atom. The molecule has 0 aromatic carbocycles. The normalized spacial score (nSPS) is 14.3. The minimum atomic E-state index is -0.902. The Morgan fingerprint density at radius 3 is 1.94 bits per heavy atom. The van der Waals surface area contributed by atoms with Gasteiger partial charge < -0.3 is 15.4 Å². The highest BCUT2D eigenvalue weighted by Gasteiger charge is 2.22. The first-order chi connectivity index (χ1) is 8.03. The third-order valence-corrected chi connectivity index (χ3v) is 1.88. The maximum Gasteiger partial charge on any atom is 0.408 e. The van der Waals surface area contributed by atoms with Crippen LogP contribution in [0.5, 0.6) is 0 Å². The van der Waals surface area contributed by atoms with E-state index >= 15 is 0 Å². The summed E-state index contributed by atoms with van der Waals surface area (Å²) >= 11 is 0. The van der Waals surface area contributed by atoms with E-state index in [1.807, 2.05) is 0 Å². The van der Waals surface area contributed by atoms with E-state index in [9.17, 15) is 14.4 Å². The smallest absolute Gasteiger partial charge is 0.408 e. The van der Waals surface area contributed by atoms with Crippen LogP contribution in [0.25, 0.3) is 0 Å². The standard InChI is InChI=1S/C11H20N3O4/c1-6(8(12)15)13-9(16)7(2)14-10(17)18-11(3,4)5/h6-7,12H,1-5H3,(H,13,16)(H,14,17)/t6-,7-/m0/s1. The number of amides is 3. The fourth-order valence-corrected chi connectivity index (χ4v) is 0.954. The molecule has 7 heteroatoms. The van der Waals surface area contributed by atoms with Gasteiger partial charge in [-0.15, -0.1) is 0 Å². The Balaban J connectivity index is 4.24. The first-order valence-corrected chi connectivity index (χ1v) is 5.58. The summed E-state index contributed by atoms with van der Waals surface area (Å²) in [7, 11) is 0. The van der Waals surface area contributed by atoms with Crippen molar-refractivity contribution in [1.29, 1.82) is 0 Å². The second-order valence-electron chi connectivity index (χ2n) is 4.96. The van der Waals surface area contributed by atoms with E-state index in [1.165, 1.54) is 13.8 Å². The molecule has 2 atom stereocenters. The van der Waals surface area contributed by atoms with Crippen molar-refractivity contribution >= 4 is 17.9 Å². The van der Waals surface area contributed by atoms with Crippen LogP contribution in [0.3, 0.4) is 0 Å². The van der Waals surface area contributed by atoms with Crippen LogP contribution < -0.4 is 16.4 Å². The van der Waals surface area contributed by atoms with Gasteiger partial charge >= 0.3 is 6.09 Å². The summed E-state index contributed by atoms with van der Waals surface area (Å²) in [5.74, 6) is -1.44. The fourth-order valence-electron chi connectivity index (χ4n) is 0.954. The molecular formula is C11H20N3O4. The quantitative estimate of drug-likeness (QED) is 0.751. The van der Waals surface area contributed by atoms with Gasteiger partial charge in [0.1, 0.15) is 17.7 Å². The van der Waals surface area contributed by atoms with Crippen LogP contribution in [-0.4, -0.2) is 35.6 Å². The van der Waals surface area contributed by atoms with Crippen molar-refractivity contribution in [2.75, 3.05) is 0 Å². The zero-order chi connectivity index (χ0) is 14.5. The van der Waals surface area contributed by atoms with E-state index in [0.29, 0.717) is 0 Å². The SMILES string of the molecule is C[C@H](NC(=O)[C@H](C)NC(=O)OC(C)(C)C)C([NH])=O. The molecule has 18 heavy (non-hydrogen) atoms. The highest BCUT2D eigenvalue weighted by molar-refractivity contribution is 5.89. The number of carbonyl (C=O) groups is 3. The first-order valence-electron chi connectivity index (χ1n) is 5.58. The summed E-state index contributed by atoms with van der Waals surface area (Å²) < 4.78 is 4.98. The van der Waals surface area contributed by atoms with Crippen molar-refractivity contribution < 1.29 is 19.1 Å². The minimum Gasteiger partial charge on any atom is -0.444 e. The van der Waals surface area contributed by atoms with Gasteiger partial charge in [-0.2, -0.15) is 0 Å². The van der Waals surface area contributed by atoms with Crippen LogP contribution in [0.15, 0.2) is 0 Å². The average Bonchev–Trinajstić information content (AvgIpc) is 2.13. The highest BCUT2D eigenvalue weighted by atomic mass is 16.6. The predicted octanol–water partition coefficient (Wildman–Crippen LogP) is 0.214. The minimum absolute atomic E-state index is 0.547. The largest absolute Gasteiger partial charge is 0.444 e. The maximum atomic E-state index is 11.5. The molecule has 1 radical (unpaired) electrons. The maximum absolute atomic E-state index is 11.5. The highest BCUT2D eigenvalue weighted by Crippen LogP contribution is 2.06. The molecule has 0 aliphatic heterocycles. The van der Waals surface area contributed by atoms with Gasteiger partial charge in [0.05, 0.1) is 0 Å². The van der Waals surface area contributed by atoms with Crippen LogP contribution >= 0.6 is 0 Å². The van der Waals surface area contributed by atoms with E-state index in [-0.39, 0.29) is 0 Å². The molecule has 0 aliphatic carbocycles. The summed E-state index contributed by atoms with van der Waals surface area (Å²) in [6.45, 7) is 7.97. The van der Waals surface area contributed by atoms with Crippen LogP contribution in [0.4, 0.5) is 4.79 Å². The van der Waals surface area contributed by atoms with Crippen molar-refractivity contribution in [2.24, 2.45) is 0 Å². The molecule has 3 amide bonds. The van der Waals surface area contributed by atoms with Gasteiger partial charge in [0, 0.05) is 0 Å². The van der Waals surface area contributed by atoms with E-state index in [1.54, 1.807) is 20.8 Å². The monoisotopic (exact) mass is 258 g/mol. The van der Waals surface area contributed by atoms with Crippen molar-refractivity contribution in [3.63, 3.8) is 0 Å². The molecule has 0 saturated heterocycles. The third kappa shape index (κ3) is 6.72. The van der Waals surface area contributed by atoms with Crippen LogP contribution in [-0.2, 0) is 14.3 Å². The summed E-state index contributed by atoms with van der Waals surface area (Å²) in [6.07, 6.45) is -0.713. The number of rotatable bonds is 4. The molecule has 0 aliphatic rings. The van der Waals surface area contributed by atoms with Crippen LogP contribution in [0, 0.1) is 0 Å². The molecule has 0 aromatic heterocycles. The molecule has 0 aromatic rings. The van der Waals surface area contributed by atoms with Gasteiger partial charge in [-0.05, 0) is 34.6 Å². The van der Waals surface area contributed by atoms with E-state index in [4.69, 9.17) is 10.5 Å². The zero-order valence-electron chi connectivity index (χ0n) is 11.3. The third-order valence-electron chi connectivity index (χ3n) is 1.88. The molecule has 0 rings (SSSR count). The second-order valence-corrected chi connectivity index (χ2v) is 4.96. The second kappa shape index (κ2) is 6.23. The van der Waals surface area contributed by atoms with Crippen molar-refractivity contribution in [3.8, 4) is 0 Å². The molecule has 0 heterocycles. The Hall–Kier alpha value is -1.79. The molecule has 0 bridgehead atoms. The molecule has 7 nitrogen and oxygen atoms in total. The van der Waals surface area contributed by atoms with E-state index in [0.717, 1.165) is 0 Å². The zero-order valence-corrected chi connectivity index (χ0v) is 11.3. The summed E-state index contributed by atoms with van der Waals surface area (Å²) in [5.41, 5.74) is 6.16. The summed E-state index contributed by atoms with van der Waals surface area (Å²) in [6, 6.07) is -1.75.